The van der Waals surface area contributed by atoms with Gasteiger partial charge in [0.2, 0.25) is 0 Å². The van der Waals surface area contributed by atoms with E-state index in [0.717, 1.165) is 6.33 Å². The highest BCUT2D eigenvalue weighted by Crippen LogP contribution is 2.31. The molecule has 4 unspecified atom stereocenters. The topological polar surface area (TPSA) is 157 Å². The smallest absolute Gasteiger partial charge is 0.268 e. The molecular weight excluding hydrogens is 282 g/mol. The molecule has 0 bridgehead atoms. The number of ether oxygens (including phenoxy) is 1. The Labute approximate surface area is 117 Å². The number of aliphatic hydroxyl groups is 3. The van der Waals surface area contributed by atoms with E-state index in [1.165, 1.54) is 10.9 Å². The lowest BCUT2D eigenvalue weighted by Gasteiger charge is -2.15. The Morgan fingerprint density at radius 3 is 2.76 bits per heavy atom. The van der Waals surface area contributed by atoms with Crippen molar-refractivity contribution in [3.63, 3.8) is 0 Å². The van der Waals surface area contributed by atoms with Gasteiger partial charge in [0.1, 0.15) is 30.3 Å². The van der Waals surface area contributed by atoms with E-state index in [2.05, 4.69) is 15.1 Å². The van der Waals surface area contributed by atoms with Crippen LogP contribution in [-0.4, -0.2) is 65.9 Å². The zero-order valence-corrected chi connectivity index (χ0v) is 10.7. The van der Waals surface area contributed by atoms with Gasteiger partial charge in [-0.1, -0.05) is 0 Å². The van der Waals surface area contributed by atoms with E-state index in [4.69, 9.17) is 15.6 Å². The molecule has 10 nitrogen and oxygen atoms in total. The number of aromatic nitrogens is 4. The molecule has 0 radical (unpaired) electrons. The zero-order chi connectivity index (χ0) is 15.1. The summed E-state index contributed by atoms with van der Waals surface area (Å²) in [6.07, 6.45) is -2.05. The van der Waals surface area contributed by atoms with Gasteiger partial charge in [0.15, 0.2) is 11.9 Å². The Bertz CT molecular complexity index is 689. The van der Waals surface area contributed by atoms with Crippen molar-refractivity contribution < 1.29 is 24.9 Å². The number of nitrogens with two attached hydrogens (primary N) is 1. The molecule has 0 aliphatic carbocycles. The van der Waals surface area contributed by atoms with Crippen LogP contribution in [0.3, 0.4) is 0 Å². The fourth-order valence-corrected chi connectivity index (χ4v) is 2.33. The van der Waals surface area contributed by atoms with Crippen LogP contribution in [0.15, 0.2) is 12.5 Å². The molecule has 2 aromatic rings. The van der Waals surface area contributed by atoms with Gasteiger partial charge in [0.25, 0.3) is 5.91 Å². The molecule has 1 saturated heterocycles. The lowest BCUT2D eigenvalue weighted by atomic mass is 10.1. The van der Waals surface area contributed by atoms with Crippen LogP contribution < -0.4 is 5.73 Å². The van der Waals surface area contributed by atoms with Crippen LogP contribution in [0.4, 0.5) is 0 Å². The number of primary amides is 1. The van der Waals surface area contributed by atoms with Gasteiger partial charge in [0.05, 0.1) is 18.2 Å². The molecule has 4 atom stereocenters. The molecule has 3 rings (SSSR count). The normalized spacial score (nSPS) is 29.1. The maximum atomic E-state index is 11.3. The third-order valence-electron chi connectivity index (χ3n) is 3.38. The van der Waals surface area contributed by atoms with E-state index < -0.39 is 37.1 Å². The minimum atomic E-state index is -1.29. The minimum Gasteiger partial charge on any atom is -0.394 e. The molecule has 112 valence electrons. The van der Waals surface area contributed by atoms with E-state index >= 15 is 0 Å². The maximum Gasteiger partial charge on any atom is 0.268 e. The average Bonchev–Trinajstić information content (AvgIpc) is 3.01. The summed E-state index contributed by atoms with van der Waals surface area (Å²) in [7, 11) is 0. The molecular formula is C11H13N5O5. The zero-order valence-electron chi connectivity index (χ0n) is 10.7. The summed E-state index contributed by atoms with van der Waals surface area (Å²) >= 11 is 0. The Kier molecular flexibility index (Phi) is 3.29. The number of rotatable bonds is 3. The van der Waals surface area contributed by atoms with Crippen molar-refractivity contribution in [2.24, 2.45) is 5.73 Å². The van der Waals surface area contributed by atoms with Gasteiger partial charge in [0, 0.05) is 0 Å². The second-order valence-corrected chi connectivity index (χ2v) is 4.64. The van der Waals surface area contributed by atoms with Gasteiger partial charge in [-0.2, -0.15) is 5.10 Å². The van der Waals surface area contributed by atoms with E-state index in [1.807, 2.05) is 0 Å². The number of hydrogen-bond acceptors (Lipinski definition) is 8. The maximum absolute atomic E-state index is 11.3. The van der Waals surface area contributed by atoms with Gasteiger partial charge < -0.3 is 25.8 Å². The lowest BCUT2D eigenvalue weighted by Crippen LogP contribution is -2.33. The second kappa shape index (κ2) is 5.00. The molecule has 0 spiro atoms. The highest BCUT2D eigenvalue weighted by Gasteiger charge is 2.44. The summed E-state index contributed by atoms with van der Waals surface area (Å²) in [5.74, 6) is -0.733. The SMILES string of the molecule is NC(=O)c1ncnc2c1cnn2C1OC(CO)C(O)C1O. The summed E-state index contributed by atoms with van der Waals surface area (Å²) in [6.45, 7) is -0.449. The number of fused-ring (bicyclic) bond motifs is 1. The quantitative estimate of drug-likeness (QED) is 0.485. The Hall–Kier alpha value is -2.14. The summed E-state index contributed by atoms with van der Waals surface area (Å²) < 4.78 is 6.58. The predicted octanol–water partition coefficient (Wildman–Crippen LogP) is -2.46. The third-order valence-corrected chi connectivity index (χ3v) is 3.38. The predicted molar refractivity (Wildman–Crippen MR) is 66.9 cm³/mol. The van der Waals surface area contributed by atoms with Crippen LogP contribution in [0.1, 0.15) is 16.7 Å². The Morgan fingerprint density at radius 2 is 2.14 bits per heavy atom. The van der Waals surface area contributed by atoms with E-state index in [9.17, 15) is 15.0 Å². The first kappa shape index (κ1) is 13.8. The van der Waals surface area contributed by atoms with Crippen LogP contribution in [-0.2, 0) is 4.74 Å². The van der Waals surface area contributed by atoms with Crippen molar-refractivity contribution in [1.82, 2.24) is 19.7 Å². The largest absolute Gasteiger partial charge is 0.394 e. The fraction of sp³-hybridized carbons (Fsp3) is 0.455. The standard InChI is InChI=1S/C11H13N5O5/c12-9(20)6-4-1-15-16(10(4)14-3-13-6)11-8(19)7(18)5(2-17)21-11/h1,3,5,7-8,11,17-19H,2H2,(H2,12,20). The highest BCUT2D eigenvalue weighted by molar-refractivity contribution is 6.02. The summed E-state index contributed by atoms with van der Waals surface area (Å²) in [6, 6.07) is 0. The summed E-state index contributed by atoms with van der Waals surface area (Å²) in [5.41, 5.74) is 5.44. The molecule has 10 heteroatoms. The number of amides is 1. The van der Waals surface area contributed by atoms with E-state index in [-0.39, 0.29) is 11.3 Å². The molecule has 21 heavy (non-hydrogen) atoms. The summed E-state index contributed by atoms with van der Waals surface area (Å²) in [5, 5.41) is 33.1. The van der Waals surface area contributed by atoms with Crippen LogP contribution >= 0.6 is 0 Å². The van der Waals surface area contributed by atoms with Crippen LogP contribution in [0.2, 0.25) is 0 Å². The van der Waals surface area contributed by atoms with Crippen molar-refractivity contribution in [1.29, 1.82) is 0 Å². The van der Waals surface area contributed by atoms with Gasteiger partial charge in [-0.3, -0.25) is 4.79 Å². The van der Waals surface area contributed by atoms with Gasteiger partial charge in [-0.25, -0.2) is 14.6 Å². The molecule has 5 N–H and O–H groups in total. The second-order valence-electron chi connectivity index (χ2n) is 4.64. The van der Waals surface area contributed by atoms with Gasteiger partial charge in [-0.05, 0) is 0 Å². The Balaban J connectivity index is 2.06. The number of aliphatic hydroxyl groups excluding tert-OH is 3. The van der Waals surface area contributed by atoms with E-state index in [0.29, 0.717) is 5.39 Å². The van der Waals surface area contributed by atoms with Gasteiger partial charge >= 0.3 is 0 Å². The molecule has 0 aromatic carbocycles. The molecule has 0 saturated carbocycles. The molecule has 1 amide bonds. The first-order valence-corrected chi connectivity index (χ1v) is 6.15. The van der Waals surface area contributed by atoms with E-state index in [1.54, 1.807) is 0 Å². The highest BCUT2D eigenvalue weighted by atomic mass is 16.6. The van der Waals surface area contributed by atoms with Crippen LogP contribution in [0.25, 0.3) is 11.0 Å². The average molecular weight is 295 g/mol. The van der Waals surface area contributed by atoms with Gasteiger partial charge in [-0.15, -0.1) is 0 Å². The number of carbonyl (C=O) groups excluding carboxylic acids is 1. The number of hydrogen-bond donors (Lipinski definition) is 4. The lowest BCUT2D eigenvalue weighted by molar-refractivity contribution is -0.0566. The first-order chi connectivity index (χ1) is 10.0. The van der Waals surface area contributed by atoms with Crippen molar-refractivity contribution >= 4 is 16.9 Å². The molecule has 2 aromatic heterocycles. The summed E-state index contributed by atoms with van der Waals surface area (Å²) in [4.78, 5) is 19.1. The number of nitrogens with zero attached hydrogens (tertiary/aromatic N) is 4. The van der Waals surface area contributed by atoms with Crippen molar-refractivity contribution in [2.45, 2.75) is 24.5 Å². The van der Waals surface area contributed by atoms with Crippen LogP contribution in [0.5, 0.6) is 0 Å². The third kappa shape index (κ3) is 2.05. The first-order valence-electron chi connectivity index (χ1n) is 6.15. The number of carbonyl (C=O) groups is 1. The van der Waals surface area contributed by atoms with Crippen molar-refractivity contribution in [2.75, 3.05) is 6.61 Å². The monoisotopic (exact) mass is 295 g/mol. The van der Waals surface area contributed by atoms with Crippen molar-refractivity contribution in [3.05, 3.63) is 18.2 Å². The molecule has 3 heterocycles. The molecule has 1 aliphatic rings. The Morgan fingerprint density at radius 1 is 1.38 bits per heavy atom. The van der Waals surface area contributed by atoms with Crippen LogP contribution in [0, 0.1) is 0 Å². The molecule has 1 fully saturated rings. The fourth-order valence-electron chi connectivity index (χ4n) is 2.33. The van der Waals surface area contributed by atoms with Crippen molar-refractivity contribution in [3.8, 4) is 0 Å². The molecule has 1 aliphatic heterocycles. The minimum absolute atomic E-state index is 0.00186.